The number of hydrogen-bond acceptors (Lipinski definition) is 5. The Kier molecular flexibility index (Phi) is 9.05. The zero-order chi connectivity index (χ0) is 29.7. The molecule has 0 saturated carbocycles. The van der Waals surface area contributed by atoms with Gasteiger partial charge in [-0.15, -0.1) is 0 Å². The molecule has 1 aliphatic carbocycles. The SMILES string of the molecule is C[C@@H](c1ccccc1)N(C(=O)OCc1ccccc1)[C@@H]1CCc2cccc(N3CCN(C(=O)OC(C)(C)C)CC3)c2C1. The van der Waals surface area contributed by atoms with Crippen LogP contribution < -0.4 is 4.90 Å². The topological polar surface area (TPSA) is 62.3 Å². The molecule has 222 valence electrons. The first-order valence-electron chi connectivity index (χ1n) is 15.1. The highest BCUT2D eigenvalue weighted by atomic mass is 16.6. The van der Waals surface area contributed by atoms with Crippen LogP contribution in [0, 0.1) is 0 Å². The quantitative estimate of drug-likeness (QED) is 0.320. The molecule has 3 aromatic carbocycles. The number of hydrogen-bond donors (Lipinski definition) is 0. The molecule has 0 spiro atoms. The summed E-state index contributed by atoms with van der Waals surface area (Å²) in [5, 5.41) is 0. The minimum Gasteiger partial charge on any atom is -0.445 e. The molecule has 7 heteroatoms. The minimum atomic E-state index is -0.507. The zero-order valence-corrected chi connectivity index (χ0v) is 25.3. The monoisotopic (exact) mass is 569 g/mol. The Bertz CT molecular complexity index is 1350. The molecule has 3 aromatic rings. The van der Waals surface area contributed by atoms with Gasteiger partial charge >= 0.3 is 12.2 Å². The van der Waals surface area contributed by atoms with Crippen molar-refractivity contribution in [2.45, 2.75) is 71.2 Å². The van der Waals surface area contributed by atoms with Crippen molar-refractivity contribution in [3.63, 3.8) is 0 Å². The second kappa shape index (κ2) is 12.9. The smallest absolute Gasteiger partial charge is 0.410 e. The highest BCUT2D eigenvalue weighted by Gasteiger charge is 2.35. The van der Waals surface area contributed by atoms with Crippen molar-refractivity contribution >= 4 is 17.9 Å². The largest absolute Gasteiger partial charge is 0.445 e. The maximum atomic E-state index is 13.8. The number of carbonyl (C=O) groups is 2. The van der Waals surface area contributed by atoms with E-state index in [0.29, 0.717) is 13.1 Å². The first-order valence-corrected chi connectivity index (χ1v) is 15.1. The molecule has 1 fully saturated rings. The molecule has 0 radical (unpaired) electrons. The summed E-state index contributed by atoms with van der Waals surface area (Å²) in [5.74, 6) is 0. The third kappa shape index (κ3) is 7.07. The maximum absolute atomic E-state index is 13.8. The van der Waals surface area contributed by atoms with E-state index in [9.17, 15) is 9.59 Å². The van der Waals surface area contributed by atoms with Gasteiger partial charge in [0.2, 0.25) is 0 Å². The number of aryl methyl sites for hydroxylation is 1. The van der Waals surface area contributed by atoms with Gasteiger partial charge in [0.05, 0.1) is 6.04 Å². The highest BCUT2D eigenvalue weighted by molar-refractivity contribution is 5.70. The lowest BCUT2D eigenvalue weighted by molar-refractivity contribution is 0.0240. The Morgan fingerprint density at radius 3 is 2.24 bits per heavy atom. The van der Waals surface area contributed by atoms with Crippen LogP contribution in [-0.2, 0) is 28.9 Å². The lowest BCUT2D eigenvalue weighted by atomic mass is 9.85. The van der Waals surface area contributed by atoms with Crippen LogP contribution in [-0.4, -0.2) is 59.8 Å². The zero-order valence-electron chi connectivity index (χ0n) is 25.3. The number of anilines is 1. The Morgan fingerprint density at radius 1 is 0.905 bits per heavy atom. The Hall–Kier alpha value is -4.00. The molecule has 7 nitrogen and oxygen atoms in total. The lowest BCUT2D eigenvalue weighted by Crippen LogP contribution is -2.50. The fourth-order valence-electron chi connectivity index (χ4n) is 6.05. The van der Waals surface area contributed by atoms with Crippen LogP contribution in [0.2, 0.25) is 0 Å². The molecular weight excluding hydrogens is 526 g/mol. The van der Waals surface area contributed by atoms with Gasteiger partial charge in [0.15, 0.2) is 0 Å². The number of nitrogens with zero attached hydrogens (tertiary/aromatic N) is 3. The molecule has 0 aromatic heterocycles. The first-order chi connectivity index (χ1) is 20.2. The Balaban J connectivity index is 1.34. The van der Waals surface area contributed by atoms with Crippen molar-refractivity contribution in [1.82, 2.24) is 9.80 Å². The van der Waals surface area contributed by atoms with Crippen LogP contribution in [0.15, 0.2) is 78.9 Å². The number of amides is 2. The van der Waals surface area contributed by atoms with E-state index in [2.05, 4.69) is 42.2 Å². The van der Waals surface area contributed by atoms with Crippen LogP contribution in [0.3, 0.4) is 0 Å². The third-order valence-electron chi connectivity index (χ3n) is 8.22. The van der Waals surface area contributed by atoms with Crippen LogP contribution in [0.4, 0.5) is 15.3 Å². The molecule has 5 rings (SSSR count). The van der Waals surface area contributed by atoms with Gasteiger partial charge in [0.1, 0.15) is 12.2 Å². The van der Waals surface area contributed by atoms with Gasteiger partial charge in [0.25, 0.3) is 0 Å². The maximum Gasteiger partial charge on any atom is 0.410 e. The Morgan fingerprint density at radius 2 is 1.57 bits per heavy atom. The van der Waals surface area contributed by atoms with E-state index in [-0.39, 0.29) is 30.9 Å². The summed E-state index contributed by atoms with van der Waals surface area (Å²) in [6, 6.07) is 26.4. The summed E-state index contributed by atoms with van der Waals surface area (Å²) in [4.78, 5) is 32.5. The normalized spacial score (nSPS) is 17.7. The van der Waals surface area contributed by atoms with Gasteiger partial charge in [-0.25, -0.2) is 9.59 Å². The number of fused-ring (bicyclic) bond motifs is 1. The first kappa shape index (κ1) is 29.5. The van der Waals surface area contributed by atoms with E-state index < -0.39 is 5.60 Å². The van der Waals surface area contributed by atoms with Crippen molar-refractivity contribution in [2.75, 3.05) is 31.1 Å². The molecule has 0 N–H and O–H groups in total. The summed E-state index contributed by atoms with van der Waals surface area (Å²) in [7, 11) is 0. The van der Waals surface area contributed by atoms with E-state index in [1.165, 1.54) is 16.8 Å². The summed E-state index contributed by atoms with van der Waals surface area (Å²) in [5.41, 5.74) is 5.38. The minimum absolute atomic E-state index is 0.000168. The van der Waals surface area contributed by atoms with Crippen LogP contribution in [0.5, 0.6) is 0 Å². The fraction of sp³-hybridized carbons (Fsp3) is 0.429. The number of ether oxygens (including phenoxy) is 2. The van der Waals surface area contributed by atoms with Crippen LogP contribution in [0.1, 0.15) is 62.4 Å². The van der Waals surface area contributed by atoms with E-state index in [1.54, 1.807) is 4.90 Å². The highest BCUT2D eigenvalue weighted by Crippen LogP contribution is 2.36. The molecule has 1 saturated heterocycles. The average molecular weight is 570 g/mol. The molecule has 2 aliphatic rings. The van der Waals surface area contributed by atoms with Crippen LogP contribution >= 0.6 is 0 Å². The second-order valence-corrected chi connectivity index (χ2v) is 12.3. The van der Waals surface area contributed by atoms with E-state index in [1.807, 2.05) is 74.2 Å². The number of rotatable bonds is 6. The van der Waals surface area contributed by atoms with E-state index in [0.717, 1.165) is 43.5 Å². The van der Waals surface area contributed by atoms with E-state index in [4.69, 9.17) is 9.47 Å². The molecule has 0 bridgehead atoms. The summed E-state index contributed by atoms with van der Waals surface area (Å²) < 4.78 is 11.5. The van der Waals surface area contributed by atoms with Gasteiger partial charge < -0.3 is 19.3 Å². The summed E-state index contributed by atoms with van der Waals surface area (Å²) >= 11 is 0. The Labute approximate surface area is 250 Å². The van der Waals surface area contributed by atoms with Gasteiger partial charge in [-0.2, -0.15) is 0 Å². The number of piperazine rings is 1. The fourth-order valence-corrected chi connectivity index (χ4v) is 6.05. The predicted octanol–water partition coefficient (Wildman–Crippen LogP) is 7.00. The van der Waals surface area contributed by atoms with Crippen LogP contribution in [0.25, 0.3) is 0 Å². The summed E-state index contributed by atoms with van der Waals surface area (Å²) in [6.45, 7) is 10.7. The lowest BCUT2D eigenvalue weighted by Gasteiger charge is -2.41. The molecule has 2 amide bonds. The molecule has 2 atom stereocenters. The van der Waals surface area contributed by atoms with Crippen molar-refractivity contribution in [2.24, 2.45) is 0 Å². The molecular formula is C35H43N3O4. The summed E-state index contributed by atoms with van der Waals surface area (Å²) in [6.07, 6.45) is 2.00. The second-order valence-electron chi connectivity index (χ2n) is 12.3. The van der Waals surface area contributed by atoms with Gasteiger partial charge in [-0.1, -0.05) is 72.8 Å². The van der Waals surface area contributed by atoms with Gasteiger partial charge in [-0.3, -0.25) is 4.90 Å². The molecule has 42 heavy (non-hydrogen) atoms. The van der Waals surface area contributed by atoms with E-state index >= 15 is 0 Å². The van der Waals surface area contributed by atoms with Crippen molar-refractivity contribution in [3.8, 4) is 0 Å². The predicted molar refractivity (Wildman–Crippen MR) is 166 cm³/mol. The average Bonchev–Trinajstić information content (AvgIpc) is 3.00. The molecule has 1 heterocycles. The third-order valence-corrected chi connectivity index (χ3v) is 8.22. The van der Waals surface area contributed by atoms with Crippen molar-refractivity contribution in [1.29, 1.82) is 0 Å². The van der Waals surface area contributed by atoms with Crippen molar-refractivity contribution in [3.05, 3.63) is 101 Å². The number of benzene rings is 3. The van der Waals surface area contributed by atoms with Gasteiger partial charge in [0, 0.05) is 37.9 Å². The standard InChI is InChI=1S/C35H43N3O4/c1-26(28-14-9-6-10-15-28)38(34(40)41-25-27-12-7-5-8-13-27)30-19-18-29-16-11-17-32(31(29)24-30)36-20-22-37(23-21-36)33(39)42-35(2,3)4/h5-17,26,30H,18-25H2,1-4H3/t26-,30+/m0/s1. The molecule has 1 aliphatic heterocycles. The molecule has 0 unspecified atom stereocenters. The van der Waals surface area contributed by atoms with Gasteiger partial charge in [-0.05, 0) is 75.3 Å². The van der Waals surface area contributed by atoms with Crippen molar-refractivity contribution < 1.29 is 19.1 Å². The number of carbonyl (C=O) groups excluding carboxylic acids is 2.